The molecule has 0 spiro atoms. The Bertz CT molecular complexity index is 1300. The van der Waals surface area contributed by atoms with Crippen molar-refractivity contribution in [2.45, 2.75) is 443 Å². The first-order valence-corrected chi connectivity index (χ1v) is 38.1. The van der Waals surface area contributed by atoms with Crippen LogP contribution in [-0.4, -0.2) is 47.4 Å². The topological polar surface area (TPSA) is 95.9 Å². The van der Waals surface area contributed by atoms with Gasteiger partial charge >= 0.3 is 5.97 Å². The molecule has 0 heterocycles. The van der Waals surface area contributed by atoms with Crippen molar-refractivity contribution in [3.8, 4) is 0 Å². The van der Waals surface area contributed by atoms with Crippen molar-refractivity contribution in [2.24, 2.45) is 0 Å². The van der Waals surface area contributed by atoms with Crippen LogP contribution in [-0.2, 0) is 14.3 Å². The van der Waals surface area contributed by atoms with Gasteiger partial charge in [0.2, 0.25) is 5.91 Å². The zero-order chi connectivity index (χ0) is 59.9. The lowest BCUT2D eigenvalue weighted by Crippen LogP contribution is -2.45. The first-order chi connectivity index (χ1) is 41.0. The smallest absolute Gasteiger partial charge is 0.305 e. The van der Waals surface area contributed by atoms with E-state index >= 15 is 0 Å². The molecule has 0 aliphatic rings. The van der Waals surface area contributed by atoms with Gasteiger partial charge in [-0.1, -0.05) is 385 Å². The molecule has 1 amide bonds. The highest BCUT2D eigenvalue weighted by Crippen LogP contribution is 2.20. The molecule has 0 aromatic heterocycles. The number of ether oxygens (including phenoxy) is 1. The minimum atomic E-state index is -0.659. The molecular weight excluding hydrogens is 1020 g/mol. The maximum absolute atomic E-state index is 12.5. The predicted octanol–water partition coefficient (Wildman–Crippen LogP) is 24.9. The maximum Gasteiger partial charge on any atom is 0.305 e. The summed E-state index contributed by atoms with van der Waals surface area (Å²) < 4.78 is 5.50. The summed E-state index contributed by atoms with van der Waals surface area (Å²) in [5.74, 6) is -0.0162. The third kappa shape index (κ3) is 69.3. The number of unbranched alkanes of at least 4 members (excludes halogenated alkanes) is 57. The fourth-order valence-electron chi connectivity index (χ4n) is 12.2. The molecule has 0 fully saturated rings. The Morgan fingerprint density at radius 1 is 0.337 bits per heavy atom. The van der Waals surface area contributed by atoms with Crippen LogP contribution in [0.4, 0.5) is 0 Å². The minimum Gasteiger partial charge on any atom is -0.466 e. The van der Waals surface area contributed by atoms with E-state index in [0.29, 0.717) is 25.9 Å². The molecule has 0 radical (unpaired) electrons. The van der Waals surface area contributed by atoms with Crippen molar-refractivity contribution in [1.29, 1.82) is 0 Å². The molecule has 83 heavy (non-hydrogen) atoms. The number of carbonyl (C=O) groups excluding carboxylic acids is 2. The summed E-state index contributed by atoms with van der Waals surface area (Å²) >= 11 is 0. The quantitative estimate of drug-likeness (QED) is 0.0320. The van der Waals surface area contributed by atoms with E-state index in [1.54, 1.807) is 0 Å². The number of aliphatic hydroxyl groups is 2. The van der Waals surface area contributed by atoms with Gasteiger partial charge in [0.1, 0.15) is 0 Å². The second kappa shape index (κ2) is 72.8. The van der Waals surface area contributed by atoms with Gasteiger partial charge in [-0.05, 0) is 57.8 Å². The maximum atomic E-state index is 12.5. The zero-order valence-corrected chi connectivity index (χ0v) is 56.5. The lowest BCUT2D eigenvalue weighted by atomic mass is 10.0. The van der Waals surface area contributed by atoms with Crippen molar-refractivity contribution >= 4 is 11.9 Å². The first kappa shape index (κ1) is 81.3. The average molecular weight is 1170 g/mol. The third-order valence-electron chi connectivity index (χ3n) is 18.0. The zero-order valence-electron chi connectivity index (χ0n) is 56.5. The van der Waals surface area contributed by atoms with Crippen LogP contribution in [0.5, 0.6) is 0 Å². The third-order valence-corrected chi connectivity index (χ3v) is 18.0. The Kier molecular flexibility index (Phi) is 71.4. The van der Waals surface area contributed by atoms with E-state index in [1.807, 2.05) is 0 Å². The van der Waals surface area contributed by atoms with E-state index in [-0.39, 0.29) is 18.5 Å². The molecule has 0 saturated carbocycles. The first-order valence-electron chi connectivity index (χ1n) is 38.1. The van der Waals surface area contributed by atoms with Crippen LogP contribution < -0.4 is 5.32 Å². The molecule has 492 valence electrons. The summed E-state index contributed by atoms with van der Waals surface area (Å²) in [7, 11) is 0. The molecule has 0 aromatic rings. The van der Waals surface area contributed by atoms with Gasteiger partial charge in [0, 0.05) is 12.8 Å². The highest BCUT2D eigenvalue weighted by Gasteiger charge is 2.20. The van der Waals surface area contributed by atoms with Crippen molar-refractivity contribution in [1.82, 2.24) is 5.32 Å². The van der Waals surface area contributed by atoms with Crippen LogP contribution in [0.25, 0.3) is 0 Å². The summed E-state index contributed by atoms with van der Waals surface area (Å²) in [5.41, 5.74) is 0. The van der Waals surface area contributed by atoms with Gasteiger partial charge in [0.15, 0.2) is 0 Å². The molecule has 2 unspecified atom stereocenters. The van der Waals surface area contributed by atoms with Gasteiger partial charge in [-0.2, -0.15) is 0 Å². The molecule has 2 atom stereocenters. The summed E-state index contributed by atoms with van der Waals surface area (Å²) in [6.45, 7) is 4.96. The number of hydrogen-bond acceptors (Lipinski definition) is 5. The number of hydrogen-bond donors (Lipinski definition) is 3. The van der Waals surface area contributed by atoms with E-state index in [0.717, 1.165) is 51.4 Å². The molecule has 6 heteroatoms. The van der Waals surface area contributed by atoms with Gasteiger partial charge in [0.25, 0.3) is 0 Å². The van der Waals surface area contributed by atoms with E-state index in [2.05, 4.69) is 43.5 Å². The van der Waals surface area contributed by atoms with Gasteiger partial charge in [0.05, 0.1) is 25.4 Å². The lowest BCUT2D eigenvalue weighted by molar-refractivity contribution is -0.143. The number of esters is 1. The minimum absolute atomic E-state index is 0.0105. The molecule has 0 rings (SSSR count). The predicted molar refractivity (Wildman–Crippen MR) is 366 cm³/mol. The number of nitrogens with one attached hydrogen (secondary N) is 1. The van der Waals surface area contributed by atoms with E-state index < -0.39 is 12.1 Å². The van der Waals surface area contributed by atoms with Crippen molar-refractivity contribution in [3.63, 3.8) is 0 Å². The summed E-state index contributed by atoms with van der Waals surface area (Å²) in [6, 6.07) is -0.536. The molecule has 0 saturated heterocycles. The lowest BCUT2D eigenvalue weighted by Gasteiger charge is -2.22. The summed E-state index contributed by atoms with van der Waals surface area (Å²) in [5, 5.41) is 23.3. The Labute approximate surface area is 520 Å². The Balaban J connectivity index is 3.28. The van der Waals surface area contributed by atoms with Crippen LogP contribution >= 0.6 is 0 Å². The number of amides is 1. The number of aliphatic hydroxyl groups excluding tert-OH is 2. The second-order valence-corrected chi connectivity index (χ2v) is 26.3. The molecular formula is C77H149NO5. The summed E-state index contributed by atoms with van der Waals surface area (Å²) in [6.07, 6.45) is 92.7. The van der Waals surface area contributed by atoms with Crippen LogP contribution in [0.2, 0.25) is 0 Å². The van der Waals surface area contributed by atoms with Crippen molar-refractivity contribution in [2.75, 3.05) is 13.2 Å². The monoisotopic (exact) mass is 1170 g/mol. The van der Waals surface area contributed by atoms with Crippen LogP contribution in [0.15, 0.2) is 24.3 Å². The van der Waals surface area contributed by atoms with Gasteiger partial charge in [-0.3, -0.25) is 9.59 Å². The molecule has 0 bridgehead atoms. The molecule has 0 aliphatic heterocycles. The van der Waals surface area contributed by atoms with E-state index in [1.165, 1.54) is 347 Å². The second-order valence-electron chi connectivity index (χ2n) is 26.3. The van der Waals surface area contributed by atoms with Crippen LogP contribution in [0.1, 0.15) is 431 Å². The van der Waals surface area contributed by atoms with Crippen LogP contribution in [0, 0.1) is 0 Å². The normalized spacial score (nSPS) is 12.6. The number of allylic oxidation sites excluding steroid dienone is 4. The highest BCUT2D eigenvalue weighted by molar-refractivity contribution is 5.76. The molecule has 3 N–H and O–H groups in total. The largest absolute Gasteiger partial charge is 0.466 e. The number of carbonyl (C=O) groups is 2. The van der Waals surface area contributed by atoms with Crippen molar-refractivity contribution < 1.29 is 24.5 Å². The van der Waals surface area contributed by atoms with Gasteiger partial charge in [-0.25, -0.2) is 0 Å². The molecule has 0 aliphatic carbocycles. The highest BCUT2D eigenvalue weighted by atomic mass is 16.5. The Morgan fingerprint density at radius 3 is 0.928 bits per heavy atom. The van der Waals surface area contributed by atoms with E-state index in [4.69, 9.17) is 4.74 Å². The SMILES string of the molecule is CCCCCC/C=C\C/C=C\CCCCCCCC(=O)OCCCCCCCCCCCCCCCCCCCCCCCCCCCCCCCCCCCCCCCC(=O)NC(CO)C(O)CCCCCCCCCCCCCCC. The summed E-state index contributed by atoms with van der Waals surface area (Å²) in [4.78, 5) is 24.6. The standard InChI is InChI=1S/C77H149NO5/c1-3-5-7-9-11-13-15-17-18-43-47-51-55-59-63-67-71-77(82)83-72-68-64-60-56-52-48-44-41-39-37-35-33-31-29-27-25-23-21-19-20-22-24-26-28-30-32-34-36-38-40-42-46-50-54-58-62-66-70-76(81)78-74(73-79)75(80)69-65-61-57-53-49-45-16-14-12-10-8-6-4-2/h13,15,18,43,74-75,79-80H,3-12,14,16-17,19-42,44-73H2,1-2H3,(H,78,81)/b15-13-,43-18-. The fraction of sp³-hybridized carbons (Fsp3) is 0.922. The van der Waals surface area contributed by atoms with Gasteiger partial charge < -0.3 is 20.3 Å². The van der Waals surface area contributed by atoms with Gasteiger partial charge in [-0.15, -0.1) is 0 Å². The molecule has 6 nitrogen and oxygen atoms in total. The Morgan fingerprint density at radius 2 is 0.602 bits per heavy atom. The Hall–Kier alpha value is -1.66. The number of rotatable bonds is 72. The van der Waals surface area contributed by atoms with Crippen LogP contribution in [0.3, 0.4) is 0 Å². The van der Waals surface area contributed by atoms with Crippen molar-refractivity contribution in [3.05, 3.63) is 24.3 Å². The fourth-order valence-corrected chi connectivity index (χ4v) is 12.2. The van der Waals surface area contributed by atoms with E-state index in [9.17, 15) is 19.8 Å². The molecule has 0 aromatic carbocycles. The average Bonchev–Trinajstić information content (AvgIpc) is 3.49.